The molecular formula is C17H20BrN5O. The number of piperidine rings is 1. The minimum atomic E-state index is 0.558. The summed E-state index contributed by atoms with van der Waals surface area (Å²) in [6.45, 7) is 2.86. The van der Waals surface area contributed by atoms with Gasteiger partial charge in [0.2, 0.25) is 0 Å². The first kappa shape index (κ1) is 15.7. The Morgan fingerprint density at radius 2 is 2.21 bits per heavy atom. The van der Waals surface area contributed by atoms with E-state index in [0.717, 1.165) is 46.6 Å². The molecule has 1 atom stereocenters. The van der Waals surface area contributed by atoms with Gasteiger partial charge < -0.3 is 10.1 Å². The van der Waals surface area contributed by atoms with Crippen LogP contribution in [-0.4, -0.2) is 39.1 Å². The largest absolute Gasteiger partial charge is 0.491 e. The van der Waals surface area contributed by atoms with E-state index in [4.69, 9.17) is 4.74 Å². The fraction of sp³-hybridized carbons (Fsp3) is 0.412. The number of nitrogens with zero attached hydrogens (tertiary/aromatic N) is 4. The minimum Gasteiger partial charge on any atom is -0.491 e. The Hall–Kier alpha value is -1.86. The molecule has 0 aromatic carbocycles. The third-order valence-corrected chi connectivity index (χ3v) is 5.02. The van der Waals surface area contributed by atoms with Crippen LogP contribution in [0.3, 0.4) is 0 Å². The number of aromatic nitrogens is 4. The summed E-state index contributed by atoms with van der Waals surface area (Å²) >= 11 is 3.58. The van der Waals surface area contributed by atoms with E-state index in [1.165, 1.54) is 12.8 Å². The number of rotatable bonds is 4. The van der Waals surface area contributed by atoms with Gasteiger partial charge in [-0.05, 0) is 41.4 Å². The molecular weight excluding hydrogens is 370 g/mol. The average Bonchev–Trinajstić information content (AvgIpc) is 3.20. The van der Waals surface area contributed by atoms with Crippen LogP contribution < -0.4 is 10.1 Å². The number of halogens is 1. The summed E-state index contributed by atoms with van der Waals surface area (Å²) in [5, 5.41) is 12.1. The Balaban J connectivity index is 1.67. The Labute approximate surface area is 148 Å². The predicted molar refractivity (Wildman–Crippen MR) is 96.2 cm³/mol. The maximum absolute atomic E-state index is 6.21. The summed E-state index contributed by atoms with van der Waals surface area (Å²) < 4.78 is 10.8. The molecule has 6 nitrogen and oxygen atoms in total. The van der Waals surface area contributed by atoms with Crippen LogP contribution in [0.15, 0.2) is 35.3 Å². The zero-order valence-corrected chi connectivity index (χ0v) is 15.2. The van der Waals surface area contributed by atoms with Crippen LogP contribution in [0, 0.1) is 5.92 Å². The highest BCUT2D eigenvalue weighted by Crippen LogP contribution is 2.32. The standard InChI is InChI=1S/C17H20BrN5O/c1-22-9-14(7-20-22)13-5-16(17-15(18)8-21-23(17)10-13)24-11-12-3-2-4-19-6-12/h5,7-10,12,19H,2-4,6,11H2,1H3. The zero-order valence-electron chi connectivity index (χ0n) is 13.6. The van der Waals surface area contributed by atoms with Crippen molar-refractivity contribution in [3.63, 3.8) is 0 Å². The fourth-order valence-corrected chi connectivity index (χ4v) is 3.63. The van der Waals surface area contributed by atoms with Crippen LogP contribution in [0.4, 0.5) is 0 Å². The van der Waals surface area contributed by atoms with Crippen LogP contribution >= 0.6 is 15.9 Å². The van der Waals surface area contributed by atoms with Crippen LogP contribution in [-0.2, 0) is 7.05 Å². The number of aryl methyl sites for hydroxylation is 1. The average molecular weight is 390 g/mol. The Morgan fingerprint density at radius 3 is 2.96 bits per heavy atom. The van der Waals surface area contributed by atoms with E-state index >= 15 is 0 Å². The monoisotopic (exact) mass is 389 g/mol. The molecule has 0 amide bonds. The third kappa shape index (κ3) is 3.06. The molecule has 4 heterocycles. The molecule has 3 aromatic heterocycles. The molecule has 0 aliphatic carbocycles. The van der Waals surface area contributed by atoms with E-state index in [1.54, 1.807) is 10.9 Å². The van der Waals surface area contributed by atoms with Gasteiger partial charge in [0, 0.05) is 43.0 Å². The van der Waals surface area contributed by atoms with Crippen molar-refractivity contribution in [2.24, 2.45) is 13.0 Å². The molecule has 3 aromatic rings. The van der Waals surface area contributed by atoms with Crippen LogP contribution in [0.5, 0.6) is 5.75 Å². The Bertz CT molecular complexity index is 850. The third-order valence-electron chi connectivity index (χ3n) is 4.44. The van der Waals surface area contributed by atoms with Crippen LogP contribution in [0.1, 0.15) is 12.8 Å². The van der Waals surface area contributed by atoms with E-state index in [2.05, 4.69) is 37.5 Å². The Morgan fingerprint density at radius 1 is 1.29 bits per heavy atom. The number of fused-ring (bicyclic) bond motifs is 1. The van der Waals surface area contributed by atoms with E-state index in [-0.39, 0.29) is 0 Å². The molecule has 0 bridgehead atoms. The van der Waals surface area contributed by atoms with Gasteiger partial charge in [0.1, 0.15) is 11.3 Å². The van der Waals surface area contributed by atoms with E-state index in [1.807, 2.05) is 30.2 Å². The first-order valence-electron chi connectivity index (χ1n) is 8.20. The van der Waals surface area contributed by atoms with Crippen molar-refractivity contribution >= 4 is 21.4 Å². The molecule has 7 heteroatoms. The second-order valence-corrected chi connectivity index (χ2v) is 7.16. The van der Waals surface area contributed by atoms with Crippen LogP contribution in [0.25, 0.3) is 16.6 Å². The SMILES string of the molecule is Cn1cc(-c2cc(OCC3CCCNC3)c3c(Br)cnn3c2)cn1. The maximum atomic E-state index is 6.21. The normalized spacial score (nSPS) is 18.2. The molecule has 24 heavy (non-hydrogen) atoms. The van der Waals surface area contributed by atoms with Crippen molar-refractivity contribution in [2.45, 2.75) is 12.8 Å². The van der Waals surface area contributed by atoms with Crippen molar-refractivity contribution in [3.05, 3.63) is 35.3 Å². The molecule has 1 N–H and O–H groups in total. The van der Waals surface area contributed by atoms with Crippen molar-refractivity contribution < 1.29 is 4.74 Å². The van der Waals surface area contributed by atoms with Gasteiger partial charge in [-0.3, -0.25) is 4.68 Å². The molecule has 1 fully saturated rings. The number of hydrogen-bond acceptors (Lipinski definition) is 4. The highest BCUT2D eigenvalue weighted by Gasteiger charge is 2.17. The number of hydrogen-bond donors (Lipinski definition) is 1. The molecule has 0 radical (unpaired) electrons. The van der Waals surface area contributed by atoms with Gasteiger partial charge in [-0.2, -0.15) is 10.2 Å². The molecule has 1 saturated heterocycles. The topological polar surface area (TPSA) is 56.4 Å². The smallest absolute Gasteiger partial charge is 0.146 e. The van der Waals surface area contributed by atoms with Crippen molar-refractivity contribution in [1.29, 1.82) is 0 Å². The highest BCUT2D eigenvalue weighted by molar-refractivity contribution is 9.10. The van der Waals surface area contributed by atoms with Crippen molar-refractivity contribution in [1.82, 2.24) is 24.7 Å². The lowest BCUT2D eigenvalue weighted by Crippen LogP contribution is -2.33. The van der Waals surface area contributed by atoms with Gasteiger partial charge in [0.15, 0.2) is 0 Å². The fourth-order valence-electron chi connectivity index (χ4n) is 3.16. The number of nitrogens with one attached hydrogen (secondary N) is 1. The molecule has 4 rings (SSSR count). The molecule has 0 spiro atoms. The lowest BCUT2D eigenvalue weighted by molar-refractivity contribution is 0.220. The lowest BCUT2D eigenvalue weighted by Gasteiger charge is -2.23. The summed E-state index contributed by atoms with van der Waals surface area (Å²) in [6, 6.07) is 2.08. The first-order valence-corrected chi connectivity index (χ1v) is 8.99. The number of pyridine rings is 1. The summed E-state index contributed by atoms with van der Waals surface area (Å²) in [5.41, 5.74) is 3.06. The van der Waals surface area contributed by atoms with Crippen LogP contribution in [0.2, 0.25) is 0 Å². The quantitative estimate of drug-likeness (QED) is 0.745. The molecule has 126 valence electrons. The summed E-state index contributed by atoms with van der Waals surface area (Å²) in [5.74, 6) is 1.41. The van der Waals surface area contributed by atoms with Gasteiger partial charge >= 0.3 is 0 Å². The second kappa shape index (κ2) is 6.57. The predicted octanol–water partition coefficient (Wildman–Crippen LogP) is 2.88. The summed E-state index contributed by atoms with van der Waals surface area (Å²) in [7, 11) is 1.92. The minimum absolute atomic E-state index is 0.558. The first-order chi connectivity index (χ1) is 11.7. The highest BCUT2D eigenvalue weighted by atomic mass is 79.9. The van der Waals surface area contributed by atoms with Gasteiger partial charge in [-0.1, -0.05) is 0 Å². The maximum Gasteiger partial charge on any atom is 0.146 e. The van der Waals surface area contributed by atoms with E-state index < -0.39 is 0 Å². The van der Waals surface area contributed by atoms with E-state index in [0.29, 0.717) is 5.92 Å². The summed E-state index contributed by atoms with van der Waals surface area (Å²) in [4.78, 5) is 0. The van der Waals surface area contributed by atoms with Gasteiger partial charge in [-0.25, -0.2) is 4.52 Å². The van der Waals surface area contributed by atoms with Crippen molar-refractivity contribution in [3.8, 4) is 16.9 Å². The molecule has 1 unspecified atom stereocenters. The lowest BCUT2D eigenvalue weighted by atomic mass is 10.0. The molecule has 0 saturated carbocycles. The van der Waals surface area contributed by atoms with Crippen molar-refractivity contribution in [2.75, 3.05) is 19.7 Å². The molecule has 1 aliphatic heterocycles. The second-order valence-electron chi connectivity index (χ2n) is 6.30. The van der Waals surface area contributed by atoms with E-state index in [9.17, 15) is 0 Å². The summed E-state index contributed by atoms with van der Waals surface area (Å²) in [6.07, 6.45) is 10.1. The number of ether oxygens (including phenoxy) is 1. The Kier molecular flexibility index (Phi) is 4.28. The van der Waals surface area contributed by atoms with Gasteiger partial charge in [0.25, 0.3) is 0 Å². The zero-order chi connectivity index (χ0) is 16.5. The van der Waals surface area contributed by atoms with Gasteiger partial charge in [0.05, 0.1) is 23.5 Å². The molecule has 1 aliphatic rings. The van der Waals surface area contributed by atoms with Gasteiger partial charge in [-0.15, -0.1) is 0 Å².